The maximum absolute atomic E-state index is 13.6. The Morgan fingerprint density at radius 1 is 1.32 bits per heavy atom. The highest BCUT2D eigenvalue weighted by Gasteiger charge is 2.27. The number of hydrogen-bond acceptors (Lipinski definition) is 3. The number of nitrogens with one attached hydrogen (secondary N) is 1. The smallest absolute Gasteiger partial charge is 0.330 e. The Morgan fingerprint density at radius 2 is 2.04 bits per heavy atom. The first kappa shape index (κ1) is 17.4. The van der Waals surface area contributed by atoms with Crippen LogP contribution in [0.25, 0.3) is 0 Å². The highest BCUT2D eigenvalue weighted by molar-refractivity contribution is 6.30. The van der Waals surface area contributed by atoms with Crippen molar-refractivity contribution >= 4 is 23.5 Å². The lowest BCUT2D eigenvalue weighted by Gasteiger charge is -2.18. The molecule has 0 radical (unpaired) electrons. The Labute approximate surface area is 148 Å². The van der Waals surface area contributed by atoms with E-state index in [0.29, 0.717) is 5.69 Å². The number of rotatable bonds is 5. The van der Waals surface area contributed by atoms with Gasteiger partial charge in [-0.1, -0.05) is 30.5 Å². The number of halogens is 2. The van der Waals surface area contributed by atoms with Crippen LogP contribution >= 0.6 is 11.6 Å². The van der Waals surface area contributed by atoms with E-state index >= 15 is 0 Å². The van der Waals surface area contributed by atoms with Gasteiger partial charge in [-0.25, -0.2) is 9.18 Å². The molecule has 1 aromatic carbocycles. The highest BCUT2D eigenvalue weighted by Crippen LogP contribution is 2.30. The van der Waals surface area contributed by atoms with Crippen molar-refractivity contribution in [3.63, 3.8) is 0 Å². The molecule has 25 heavy (non-hydrogen) atoms. The summed E-state index contributed by atoms with van der Waals surface area (Å²) < 4.78 is 15.3. The van der Waals surface area contributed by atoms with Gasteiger partial charge in [-0.2, -0.15) is 5.10 Å². The summed E-state index contributed by atoms with van der Waals surface area (Å²) in [6.07, 6.45) is 5.55. The Kier molecular flexibility index (Phi) is 5.03. The summed E-state index contributed by atoms with van der Waals surface area (Å²) in [5.41, 5.74) is 0.405. The van der Waals surface area contributed by atoms with Gasteiger partial charge in [-0.15, -0.1) is 0 Å². The van der Waals surface area contributed by atoms with Gasteiger partial charge in [0.05, 0.1) is 11.1 Å². The average molecular weight is 366 g/mol. The number of benzene rings is 1. The Bertz CT molecular complexity index is 802. The quantitative estimate of drug-likeness (QED) is 0.851. The third-order valence-electron chi connectivity index (χ3n) is 4.37. The largest absolute Gasteiger partial charge is 0.479 e. The van der Waals surface area contributed by atoms with Crippen molar-refractivity contribution in [3.05, 3.63) is 52.6 Å². The molecule has 0 bridgehead atoms. The molecule has 6 nitrogen and oxygen atoms in total. The lowest BCUT2D eigenvalue weighted by atomic mass is 10.1. The van der Waals surface area contributed by atoms with E-state index in [-0.39, 0.29) is 16.6 Å². The summed E-state index contributed by atoms with van der Waals surface area (Å²) in [5, 5.41) is 15.9. The van der Waals surface area contributed by atoms with E-state index in [1.807, 2.05) is 0 Å². The van der Waals surface area contributed by atoms with Crippen molar-refractivity contribution in [1.29, 1.82) is 0 Å². The summed E-state index contributed by atoms with van der Waals surface area (Å²) in [6.45, 7) is 0. The normalized spacial score (nSPS) is 15.9. The fourth-order valence-corrected chi connectivity index (χ4v) is 3.24. The van der Waals surface area contributed by atoms with Crippen LogP contribution < -0.4 is 5.32 Å². The van der Waals surface area contributed by atoms with Crippen LogP contribution in [0.3, 0.4) is 0 Å². The number of carboxylic acids is 1. The molecule has 3 rings (SSSR count). The second-order valence-electron chi connectivity index (χ2n) is 6.02. The molecule has 1 fully saturated rings. The van der Waals surface area contributed by atoms with Crippen LogP contribution in [0.1, 0.15) is 53.8 Å². The van der Waals surface area contributed by atoms with E-state index in [1.54, 1.807) is 10.7 Å². The molecule has 0 aliphatic heterocycles. The fourth-order valence-electron chi connectivity index (χ4n) is 3.12. The number of carbonyl (C=O) groups is 2. The monoisotopic (exact) mass is 365 g/mol. The topological polar surface area (TPSA) is 84.2 Å². The molecule has 0 spiro atoms. The van der Waals surface area contributed by atoms with Crippen molar-refractivity contribution in [2.75, 3.05) is 0 Å². The lowest BCUT2D eigenvalue weighted by Crippen LogP contribution is -2.35. The minimum Gasteiger partial charge on any atom is -0.479 e. The van der Waals surface area contributed by atoms with Gasteiger partial charge < -0.3 is 10.4 Å². The van der Waals surface area contributed by atoms with Crippen molar-refractivity contribution in [1.82, 2.24) is 15.1 Å². The minimum atomic E-state index is -1.38. The van der Waals surface area contributed by atoms with Gasteiger partial charge in [0.1, 0.15) is 11.5 Å². The molecule has 2 aromatic rings. The Hall–Kier alpha value is -2.41. The van der Waals surface area contributed by atoms with Crippen LogP contribution in [0.15, 0.2) is 30.5 Å². The zero-order valence-electron chi connectivity index (χ0n) is 13.3. The summed E-state index contributed by atoms with van der Waals surface area (Å²) in [5.74, 6) is -2.59. The molecule has 1 saturated carbocycles. The first-order chi connectivity index (χ1) is 12.0. The summed E-state index contributed by atoms with van der Waals surface area (Å²) in [7, 11) is 0. The number of nitrogens with zero attached hydrogens (tertiary/aromatic N) is 2. The third-order valence-corrected chi connectivity index (χ3v) is 4.68. The molecule has 132 valence electrons. The van der Waals surface area contributed by atoms with Gasteiger partial charge >= 0.3 is 5.97 Å². The molecule has 2 N–H and O–H groups in total. The number of aromatic nitrogens is 2. The second-order valence-corrected chi connectivity index (χ2v) is 6.42. The zero-order valence-corrected chi connectivity index (χ0v) is 14.0. The maximum Gasteiger partial charge on any atom is 0.330 e. The van der Waals surface area contributed by atoms with E-state index in [4.69, 9.17) is 11.6 Å². The van der Waals surface area contributed by atoms with E-state index < -0.39 is 23.7 Å². The number of hydrogen-bond donors (Lipinski definition) is 2. The molecule has 0 unspecified atom stereocenters. The number of carboxylic acid groups (broad SMARTS) is 1. The zero-order chi connectivity index (χ0) is 18.0. The molecular weight excluding hydrogens is 349 g/mol. The summed E-state index contributed by atoms with van der Waals surface area (Å²) in [6, 6.07) is 3.96. The Morgan fingerprint density at radius 3 is 2.68 bits per heavy atom. The van der Waals surface area contributed by atoms with Crippen LogP contribution in [0.2, 0.25) is 5.02 Å². The molecule has 1 aliphatic rings. The van der Waals surface area contributed by atoms with Crippen molar-refractivity contribution in [3.8, 4) is 0 Å². The maximum atomic E-state index is 13.6. The highest BCUT2D eigenvalue weighted by atomic mass is 35.5. The molecule has 1 amide bonds. The standard InChI is InChI=1S/C17H17ClFN3O3/c18-12-6-5-10(9-13(12)19)15(17(24)25)21-16(23)14-7-8-20-22(14)11-3-1-2-4-11/h5-9,11,15H,1-4H2,(H,21,23)(H,24,25)/t15-/m1/s1. The lowest BCUT2D eigenvalue weighted by molar-refractivity contribution is -0.139. The first-order valence-electron chi connectivity index (χ1n) is 7.99. The van der Waals surface area contributed by atoms with E-state index in [9.17, 15) is 19.1 Å². The molecule has 1 aliphatic carbocycles. The number of amides is 1. The predicted molar refractivity (Wildman–Crippen MR) is 89.0 cm³/mol. The van der Waals surface area contributed by atoms with Gasteiger partial charge in [0.15, 0.2) is 6.04 Å². The molecule has 8 heteroatoms. The molecule has 0 saturated heterocycles. The van der Waals surface area contributed by atoms with E-state index in [2.05, 4.69) is 10.4 Å². The number of aliphatic carboxylic acids is 1. The molecule has 1 aromatic heterocycles. The van der Waals surface area contributed by atoms with Crippen LogP contribution in [0.4, 0.5) is 4.39 Å². The van der Waals surface area contributed by atoms with Gasteiger partial charge in [0, 0.05) is 6.20 Å². The van der Waals surface area contributed by atoms with Crippen molar-refractivity contribution < 1.29 is 19.1 Å². The van der Waals surface area contributed by atoms with Gasteiger partial charge in [0.2, 0.25) is 0 Å². The van der Waals surface area contributed by atoms with E-state index in [1.165, 1.54) is 18.3 Å². The van der Waals surface area contributed by atoms with Gasteiger partial charge in [-0.05, 0) is 36.6 Å². The fraction of sp³-hybridized carbons (Fsp3) is 0.353. The van der Waals surface area contributed by atoms with Gasteiger partial charge in [0.25, 0.3) is 5.91 Å². The number of carbonyl (C=O) groups excluding carboxylic acids is 1. The Balaban J connectivity index is 1.83. The second kappa shape index (κ2) is 7.23. The van der Waals surface area contributed by atoms with Crippen LogP contribution in [-0.4, -0.2) is 26.8 Å². The predicted octanol–water partition coefficient (Wildman–Crippen LogP) is 3.35. The van der Waals surface area contributed by atoms with Crippen LogP contribution in [0.5, 0.6) is 0 Å². The average Bonchev–Trinajstić information content (AvgIpc) is 3.25. The first-order valence-corrected chi connectivity index (χ1v) is 8.37. The summed E-state index contributed by atoms with van der Waals surface area (Å²) in [4.78, 5) is 24.1. The van der Waals surface area contributed by atoms with Gasteiger partial charge in [-0.3, -0.25) is 9.48 Å². The van der Waals surface area contributed by atoms with E-state index in [0.717, 1.165) is 31.7 Å². The minimum absolute atomic E-state index is 0.106. The third kappa shape index (κ3) is 3.66. The van der Waals surface area contributed by atoms with Crippen LogP contribution in [-0.2, 0) is 4.79 Å². The van der Waals surface area contributed by atoms with Crippen molar-refractivity contribution in [2.45, 2.75) is 37.8 Å². The SMILES string of the molecule is O=C(N[C@@H](C(=O)O)c1ccc(Cl)c(F)c1)c1ccnn1C1CCCC1. The van der Waals surface area contributed by atoms with Crippen LogP contribution in [0, 0.1) is 5.82 Å². The molecule has 1 heterocycles. The molecule has 1 atom stereocenters. The molecular formula is C17H17ClFN3O3. The summed E-state index contributed by atoms with van der Waals surface area (Å²) >= 11 is 5.62. The van der Waals surface area contributed by atoms with Crippen molar-refractivity contribution in [2.24, 2.45) is 0 Å².